The van der Waals surface area contributed by atoms with Crippen molar-refractivity contribution in [3.8, 4) is 5.75 Å². The highest BCUT2D eigenvalue weighted by Crippen LogP contribution is 2.57. The van der Waals surface area contributed by atoms with Crippen LogP contribution < -0.4 is 4.74 Å². The molecular formula is C22H23ClF2O5S2. The summed E-state index contributed by atoms with van der Waals surface area (Å²) in [5.41, 5.74) is -0.273. The minimum Gasteiger partial charge on any atom is -0.490 e. The first-order valence-corrected chi connectivity index (χ1v) is 14.2. The van der Waals surface area contributed by atoms with E-state index in [1.165, 1.54) is 24.3 Å². The van der Waals surface area contributed by atoms with E-state index in [0.717, 1.165) is 18.4 Å². The first-order chi connectivity index (χ1) is 15.0. The van der Waals surface area contributed by atoms with Crippen LogP contribution in [0.1, 0.15) is 31.2 Å². The SMILES string of the molecule is CS(=O)(=O)CC[C@@H]1CC[C@@]2(S(=O)(=O)c3ccc(Cl)cc3)c3c(F)ccc(F)c3OC[C@H]2C1. The molecule has 5 nitrogen and oxygen atoms in total. The van der Waals surface area contributed by atoms with Crippen LogP contribution in [0, 0.1) is 23.5 Å². The van der Waals surface area contributed by atoms with E-state index in [0.29, 0.717) is 24.3 Å². The average molecular weight is 505 g/mol. The Morgan fingerprint density at radius 3 is 2.38 bits per heavy atom. The fourth-order valence-electron chi connectivity index (χ4n) is 5.07. The fraction of sp³-hybridized carbons (Fsp3) is 0.455. The van der Waals surface area contributed by atoms with Crippen molar-refractivity contribution in [1.29, 1.82) is 0 Å². The van der Waals surface area contributed by atoms with Crippen molar-refractivity contribution in [2.75, 3.05) is 18.6 Å². The van der Waals surface area contributed by atoms with Gasteiger partial charge in [0.25, 0.3) is 0 Å². The summed E-state index contributed by atoms with van der Waals surface area (Å²) >= 11 is 5.93. The summed E-state index contributed by atoms with van der Waals surface area (Å²) in [6.45, 7) is -0.102. The number of benzene rings is 2. The second-order valence-corrected chi connectivity index (χ2v) is 13.6. The van der Waals surface area contributed by atoms with Crippen LogP contribution in [0.4, 0.5) is 8.78 Å². The number of hydrogen-bond donors (Lipinski definition) is 0. The van der Waals surface area contributed by atoms with Gasteiger partial charge in [0.1, 0.15) is 20.4 Å². The van der Waals surface area contributed by atoms with E-state index in [1.54, 1.807) is 0 Å². The van der Waals surface area contributed by atoms with Crippen molar-refractivity contribution in [3.05, 3.63) is 58.6 Å². The van der Waals surface area contributed by atoms with E-state index in [2.05, 4.69) is 0 Å². The van der Waals surface area contributed by atoms with E-state index in [-0.39, 0.29) is 40.9 Å². The highest BCUT2D eigenvalue weighted by molar-refractivity contribution is 7.92. The molecule has 1 fully saturated rings. The molecule has 0 saturated heterocycles. The lowest BCUT2D eigenvalue weighted by Gasteiger charge is -2.49. The molecule has 1 aliphatic heterocycles. The minimum absolute atomic E-state index is 0.0121. The van der Waals surface area contributed by atoms with Gasteiger partial charge < -0.3 is 4.74 Å². The molecule has 0 aromatic heterocycles. The largest absolute Gasteiger partial charge is 0.490 e. The molecule has 0 N–H and O–H groups in total. The number of rotatable bonds is 5. The molecule has 10 heteroatoms. The van der Waals surface area contributed by atoms with E-state index < -0.39 is 42.0 Å². The van der Waals surface area contributed by atoms with Gasteiger partial charge in [0.05, 0.1) is 22.8 Å². The van der Waals surface area contributed by atoms with E-state index in [9.17, 15) is 21.2 Å². The van der Waals surface area contributed by atoms with Gasteiger partial charge in [-0.2, -0.15) is 0 Å². The van der Waals surface area contributed by atoms with E-state index in [4.69, 9.17) is 16.3 Å². The molecule has 2 aromatic rings. The van der Waals surface area contributed by atoms with Crippen molar-refractivity contribution in [3.63, 3.8) is 0 Å². The molecule has 0 radical (unpaired) electrons. The van der Waals surface area contributed by atoms with Gasteiger partial charge in [-0.25, -0.2) is 25.6 Å². The Bertz CT molecular complexity index is 1250. The number of hydrogen-bond acceptors (Lipinski definition) is 5. The number of ether oxygens (including phenoxy) is 1. The normalized spacial score (nSPS) is 25.5. The smallest absolute Gasteiger partial charge is 0.188 e. The first kappa shape index (κ1) is 23.4. The lowest BCUT2D eigenvalue weighted by molar-refractivity contribution is 0.0971. The highest BCUT2D eigenvalue weighted by Gasteiger charge is 2.59. The monoisotopic (exact) mass is 504 g/mol. The topological polar surface area (TPSA) is 77.5 Å². The Kier molecular flexibility index (Phi) is 6.05. The Hall–Kier alpha value is -1.71. The van der Waals surface area contributed by atoms with Crippen LogP contribution in [-0.2, 0) is 24.4 Å². The summed E-state index contributed by atoms with van der Waals surface area (Å²) in [5.74, 6) is -2.76. The Morgan fingerprint density at radius 1 is 1.06 bits per heavy atom. The minimum atomic E-state index is -4.18. The van der Waals surface area contributed by atoms with Crippen LogP contribution in [0.5, 0.6) is 5.75 Å². The van der Waals surface area contributed by atoms with Gasteiger partial charge in [0.15, 0.2) is 21.4 Å². The maximum atomic E-state index is 15.2. The molecule has 2 aliphatic rings. The van der Waals surface area contributed by atoms with Crippen molar-refractivity contribution in [2.24, 2.45) is 11.8 Å². The van der Waals surface area contributed by atoms with Crippen LogP contribution >= 0.6 is 11.6 Å². The zero-order valence-corrected chi connectivity index (χ0v) is 19.7. The van der Waals surface area contributed by atoms with Gasteiger partial charge in [-0.3, -0.25) is 0 Å². The third kappa shape index (κ3) is 3.92. The molecule has 3 atom stereocenters. The lowest BCUT2D eigenvalue weighted by Crippen LogP contribution is -2.52. The van der Waals surface area contributed by atoms with Crippen molar-refractivity contribution in [2.45, 2.75) is 35.3 Å². The highest BCUT2D eigenvalue weighted by atomic mass is 35.5. The first-order valence-electron chi connectivity index (χ1n) is 10.2. The third-order valence-corrected chi connectivity index (χ3v) is 10.4. The molecule has 0 bridgehead atoms. The van der Waals surface area contributed by atoms with Gasteiger partial charge in [-0.05, 0) is 68.0 Å². The molecule has 0 spiro atoms. The van der Waals surface area contributed by atoms with Crippen molar-refractivity contribution >= 4 is 31.3 Å². The summed E-state index contributed by atoms with van der Waals surface area (Å²) in [7, 11) is -7.36. The summed E-state index contributed by atoms with van der Waals surface area (Å²) in [5, 5.41) is 0.354. The summed E-state index contributed by atoms with van der Waals surface area (Å²) in [6.07, 6.45) is 2.27. The van der Waals surface area contributed by atoms with E-state index in [1.807, 2.05) is 0 Å². The van der Waals surface area contributed by atoms with Gasteiger partial charge in [-0.1, -0.05) is 11.6 Å². The van der Waals surface area contributed by atoms with Gasteiger partial charge in [-0.15, -0.1) is 0 Å². The Labute approximate surface area is 191 Å². The molecule has 32 heavy (non-hydrogen) atoms. The summed E-state index contributed by atoms with van der Waals surface area (Å²) in [4.78, 5) is -0.0296. The molecule has 0 amide bonds. The molecule has 1 aliphatic carbocycles. The Morgan fingerprint density at radius 2 is 1.72 bits per heavy atom. The molecule has 1 heterocycles. The van der Waals surface area contributed by atoms with Crippen LogP contribution in [-0.4, -0.2) is 35.5 Å². The zero-order chi connectivity index (χ0) is 23.3. The third-order valence-electron chi connectivity index (χ3n) is 6.61. The number of fused-ring (bicyclic) bond motifs is 3. The van der Waals surface area contributed by atoms with Gasteiger partial charge in [0.2, 0.25) is 0 Å². The predicted octanol–water partition coefficient (Wildman–Crippen LogP) is 4.53. The van der Waals surface area contributed by atoms with Crippen LogP contribution in [0.25, 0.3) is 0 Å². The fourth-order valence-corrected chi connectivity index (χ4v) is 8.32. The van der Waals surface area contributed by atoms with Crippen LogP contribution in [0.2, 0.25) is 5.02 Å². The molecule has 174 valence electrons. The molecule has 4 rings (SSSR count). The van der Waals surface area contributed by atoms with E-state index >= 15 is 4.39 Å². The van der Waals surface area contributed by atoms with Crippen LogP contribution in [0.3, 0.4) is 0 Å². The zero-order valence-electron chi connectivity index (χ0n) is 17.4. The summed E-state index contributed by atoms with van der Waals surface area (Å²) in [6, 6.07) is 7.47. The quantitative estimate of drug-likeness (QED) is 0.598. The maximum absolute atomic E-state index is 15.2. The molecular weight excluding hydrogens is 482 g/mol. The van der Waals surface area contributed by atoms with Gasteiger partial charge >= 0.3 is 0 Å². The Balaban J connectivity index is 1.85. The number of sulfone groups is 2. The van der Waals surface area contributed by atoms with Crippen LogP contribution in [0.15, 0.2) is 41.3 Å². The molecule has 0 unspecified atom stereocenters. The predicted molar refractivity (Wildman–Crippen MR) is 117 cm³/mol. The second-order valence-electron chi connectivity index (χ2n) is 8.65. The molecule has 2 aromatic carbocycles. The van der Waals surface area contributed by atoms with Crippen molar-refractivity contribution < 1.29 is 30.4 Å². The molecule has 1 saturated carbocycles. The van der Waals surface area contributed by atoms with Gasteiger partial charge in [0, 0.05) is 17.2 Å². The average Bonchev–Trinajstić information content (AvgIpc) is 2.73. The lowest BCUT2D eigenvalue weighted by atomic mass is 9.68. The standard InChI is InChI=1S/C22H23ClF2O5S2/c1-31(26,27)11-9-14-8-10-22(32(28,29)17-4-2-16(23)3-5-17)15(12-14)13-30-21-19(25)7-6-18(24)20(21)22/h2-7,14-15H,8-13H2,1H3/t14-,15+,22-/m0/s1. The second kappa shape index (κ2) is 8.25. The summed E-state index contributed by atoms with van der Waals surface area (Å²) < 4.78 is 84.9. The maximum Gasteiger partial charge on any atom is 0.188 e. The van der Waals surface area contributed by atoms with Crippen molar-refractivity contribution in [1.82, 2.24) is 0 Å². The number of halogens is 3.